The molecule has 0 unspecified atom stereocenters. The van der Waals surface area contributed by atoms with Crippen molar-refractivity contribution in [2.45, 2.75) is 20.4 Å². The fourth-order valence-electron chi connectivity index (χ4n) is 1.72. The molecule has 0 amide bonds. The van der Waals surface area contributed by atoms with Crippen LogP contribution >= 0.6 is 0 Å². The molecule has 6 heteroatoms. The summed E-state index contributed by atoms with van der Waals surface area (Å²) in [5.41, 5.74) is 0.917. The van der Waals surface area contributed by atoms with Crippen molar-refractivity contribution < 1.29 is 13.9 Å². The van der Waals surface area contributed by atoms with Gasteiger partial charge in [0.2, 0.25) is 0 Å². The Morgan fingerprint density at radius 3 is 2.45 bits per heavy atom. The van der Waals surface area contributed by atoms with Gasteiger partial charge in [0.25, 0.3) is 6.01 Å². The van der Waals surface area contributed by atoms with Gasteiger partial charge in [-0.25, -0.2) is 0 Å². The van der Waals surface area contributed by atoms with Crippen LogP contribution in [0, 0.1) is 5.92 Å². The van der Waals surface area contributed by atoms with E-state index in [1.54, 1.807) is 20.5 Å². The number of aromatic nitrogens is 1. The van der Waals surface area contributed by atoms with E-state index in [-0.39, 0.29) is 0 Å². The summed E-state index contributed by atoms with van der Waals surface area (Å²) in [4.78, 5) is 6.53. The van der Waals surface area contributed by atoms with Crippen LogP contribution in [0.1, 0.15) is 19.5 Å². The number of ether oxygens (including phenoxy) is 2. The molecule has 1 N–H and O–H groups in total. The molecular formula is C14H27N3O3. The van der Waals surface area contributed by atoms with Crippen molar-refractivity contribution in [3.8, 4) is 0 Å². The minimum atomic E-state index is 0.625. The number of nitrogens with zero attached hydrogens (tertiary/aromatic N) is 2. The Hall–Kier alpha value is -1.11. The molecule has 0 saturated carbocycles. The molecule has 0 aromatic carbocycles. The molecule has 0 radical (unpaired) electrons. The number of oxazole rings is 1. The first-order chi connectivity index (χ1) is 9.67. The third-order valence-corrected chi connectivity index (χ3v) is 2.80. The largest absolute Gasteiger partial charge is 0.432 e. The van der Waals surface area contributed by atoms with E-state index in [1.165, 1.54) is 0 Å². The van der Waals surface area contributed by atoms with Crippen LogP contribution in [0.25, 0.3) is 0 Å². The molecule has 0 bridgehead atoms. The van der Waals surface area contributed by atoms with Gasteiger partial charge in [-0.05, 0) is 12.5 Å². The number of hydrogen-bond acceptors (Lipinski definition) is 6. The van der Waals surface area contributed by atoms with Gasteiger partial charge in [-0.2, -0.15) is 4.98 Å². The Labute approximate surface area is 121 Å². The van der Waals surface area contributed by atoms with Crippen molar-refractivity contribution in [2.75, 3.05) is 52.0 Å². The summed E-state index contributed by atoms with van der Waals surface area (Å²) in [5.74, 6) is 0.626. The van der Waals surface area contributed by atoms with Crippen LogP contribution < -0.4 is 10.2 Å². The van der Waals surface area contributed by atoms with Crippen molar-refractivity contribution in [3.63, 3.8) is 0 Å². The average molecular weight is 285 g/mol. The van der Waals surface area contributed by atoms with Crippen molar-refractivity contribution >= 4 is 6.01 Å². The Bertz CT molecular complexity index is 347. The number of nitrogens with one attached hydrogen (secondary N) is 1. The van der Waals surface area contributed by atoms with Gasteiger partial charge in [-0.3, -0.25) is 0 Å². The first kappa shape index (κ1) is 16.9. The van der Waals surface area contributed by atoms with Gasteiger partial charge >= 0.3 is 0 Å². The van der Waals surface area contributed by atoms with E-state index < -0.39 is 0 Å². The minimum absolute atomic E-state index is 0.625. The van der Waals surface area contributed by atoms with E-state index >= 15 is 0 Å². The summed E-state index contributed by atoms with van der Waals surface area (Å²) in [6, 6.07) is 0.625. The van der Waals surface area contributed by atoms with E-state index in [4.69, 9.17) is 13.9 Å². The Kier molecular flexibility index (Phi) is 8.25. The zero-order chi connectivity index (χ0) is 14.8. The molecule has 116 valence electrons. The van der Waals surface area contributed by atoms with Crippen LogP contribution in [0.2, 0.25) is 0 Å². The lowest BCUT2D eigenvalue weighted by atomic mass is 10.2. The summed E-state index contributed by atoms with van der Waals surface area (Å²) in [5, 5.41) is 3.35. The molecule has 1 aromatic heterocycles. The monoisotopic (exact) mass is 285 g/mol. The van der Waals surface area contributed by atoms with Crippen molar-refractivity contribution in [1.29, 1.82) is 0 Å². The smallest absolute Gasteiger partial charge is 0.297 e. The molecule has 0 spiro atoms. The summed E-state index contributed by atoms with van der Waals surface area (Å²) in [6.07, 6.45) is 1.70. The average Bonchev–Trinajstić information content (AvgIpc) is 2.87. The molecular weight excluding hydrogens is 258 g/mol. The molecule has 20 heavy (non-hydrogen) atoms. The summed E-state index contributed by atoms with van der Waals surface area (Å²) in [6.45, 7) is 8.79. The van der Waals surface area contributed by atoms with Crippen LogP contribution in [0.5, 0.6) is 0 Å². The molecule has 0 aliphatic rings. The molecule has 0 fully saturated rings. The SMILES string of the molecule is COCCN(CCOC)c1nc(CNCC(C)C)co1. The fraction of sp³-hybridized carbons (Fsp3) is 0.786. The zero-order valence-corrected chi connectivity index (χ0v) is 13.0. The molecule has 0 aliphatic heterocycles. The minimum Gasteiger partial charge on any atom is -0.432 e. The highest BCUT2D eigenvalue weighted by atomic mass is 16.5. The molecule has 0 atom stereocenters. The second-order valence-electron chi connectivity index (χ2n) is 5.12. The van der Waals surface area contributed by atoms with Gasteiger partial charge in [0.15, 0.2) is 0 Å². The first-order valence-electron chi connectivity index (χ1n) is 7.05. The summed E-state index contributed by atoms with van der Waals surface area (Å²) >= 11 is 0. The fourth-order valence-corrected chi connectivity index (χ4v) is 1.72. The molecule has 1 rings (SSSR count). The predicted octanol–water partition coefficient (Wildman–Crippen LogP) is 1.52. The number of hydrogen-bond donors (Lipinski definition) is 1. The third-order valence-electron chi connectivity index (χ3n) is 2.80. The highest BCUT2D eigenvalue weighted by Crippen LogP contribution is 2.13. The lowest BCUT2D eigenvalue weighted by Crippen LogP contribution is -2.31. The van der Waals surface area contributed by atoms with Gasteiger partial charge in [-0.1, -0.05) is 13.8 Å². The van der Waals surface area contributed by atoms with Crippen molar-refractivity contribution in [3.05, 3.63) is 12.0 Å². The second-order valence-corrected chi connectivity index (χ2v) is 5.12. The maximum Gasteiger partial charge on any atom is 0.297 e. The van der Waals surface area contributed by atoms with E-state index in [0.29, 0.717) is 25.1 Å². The first-order valence-corrected chi connectivity index (χ1v) is 7.05. The molecule has 0 aliphatic carbocycles. The molecule has 1 heterocycles. The Morgan fingerprint density at radius 2 is 1.90 bits per heavy atom. The lowest BCUT2D eigenvalue weighted by molar-refractivity contribution is 0.188. The van der Waals surface area contributed by atoms with Crippen LogP contribution in [0.15, 0.2) is 10.7 Å². The molecule has 1 aromatic rings. The summed E-state index contributed by atoms with van der Waals surface area (Å²) < 4.78 is 15.8. The van der Waals surface area contributed by atoms with Crippen molar-refractivity contribution in [2.24, 2.45) is 5.92 Å². The standard InChI is InChI=1S/C14H27N3O3/c1-12(2)9-15-10-13-11-20-14(16-13)17(5-7-18-3)6-8-19-4/h11-12,15H,5-10H2,1-4H3. The van der Waals surface area contributed by atoms with Gasteiger partial charge in [0, 0.05) is 33.9 Å². The van der Waals surface area contributed by atoms with E-state index in [9.17, 15) is 0 Å². The quantitative estimate of drug-likeness (QED) is 0.665. The van der Waals surface area contributed by atoms with Crippen LogP contribution in [0.4, 0.5) is 6.01 Å². The van der Waals surface area contributed by atoms with Gasteiger partial charge in [-0.15, -0.1) is 0 Å². The molecule has 0 saturated heterocycles. The topological polar surface area (TPSA) is 59.8 Å². The van der Waals surface area contributed by atoms with Gasteiger partial charge < -0.3 is 24.1 Å². The maximum atomic E-state index is 5.54. The van der Waals surface area contributed by atoms with E-state index in [0.717, 1.165) is 31.9 Å². The van der Waals surface area contributed by atoms with E-state index in [1.807, 2.05) is 4.90 Å². The highest BCUT2D eigenvalue weighted by molar-refractivity contribution is 5.26. The third kappa shape index (κ3) is 6.36. The second kappa shape index (κ2) is 9.74. The van der Waals surface area contributed by atoms with Crippen LogP contribution in [-0.2, 0) is 16.0 Å². The van der Waals surface area contributed by atoms with E-state index in [2.05, 4.69) is 24.1 Å². The Morgan fingerprint density at radius 1 is 1.25 bits per heavy atom. The Balaban J connectivity index is 2.50. The predicted molar refractivity (Wildman–Crippen MR) is 79.0 cm³/mol. The number of anilines is 1. The van der Waals surface area contributed by atoms with Gasteiger partial charge in [0.05, 0.1) is 18.9 Å². The van der Waals surface area contributed by atoms with Crippen LogP contribution in [0.3, 0.4) is 0 Å². The lowest BCUT2D eigenvalue weighted by Gasteiger charge is -2.19. The van der Waals surface area contributed by atoms with Gasteiger partial charge in [0.1, 0.15) is 6.26 Å². The molecule has 6 nitrogen and oxygen atoms in total. The zero-order valence-electron chi connectivity index (χ0n) is 13.0. The highest BCUT2D eigenvalue weighted by Gasteiger charge is 2.12. The number of methoxy groups -OCH3 is 2. The normalized spacial score (nSPS) is 11.2. The van der Waals surface area contributed by atoms with Crippen molar-refractivity contribution in [1.82, 2.24) is 10.3 Å². The summed E-state index contributed by atoms with van der Waals surface area (Å²) in [7, 11) is 3.37. The van der Waals surface area contributed by atoms with Crippen LogP contribution in [-0.4, -0.2) is 52.1 Å². The maximum absolute atomic E-state index is 5.54. The number of rotatable bonds is 11.